The van der Waals surface area contributed by atoms with Gasteiger partial charge in [0, 0.05) is 41.7 Å². The fourth-order valence-electron chi connectivity index (χ4n) is 2.23. The lowest BCUT2D eigenvalue weighted by Gasteiger charge is -2.06. The van der Waals surface area contributed by atoms with Crippen LogP contribution in [0.1, 0.15) is 46.3 Å². The molecule has 0 bridgehead atoms. The first kappa shape index (κ1) is 14.3. The van der Waals surface area contributed by atoms with E-state index in [0.717, 1.165) is 13.1 Å². The van der Waals surface area contributed by atoms with Crippen LogP contribution >= 0.6 is 11.3 Å². The highest BCUT2D eigenvalue weighted by atomic mass is 32.1. The smallest absolute Gasteiger partial charge is 0.0694 e. The predicted octanol–water partition coefficient (Wildman–Crippen LogP) is 3.51. The van der Waals surface area contributed by atoms with Gasteiger partial charge in [-0.25, -0.2) is 0 Å². The van der Waals surface area contributed by atoms with Crippen LogP contribution in [-0.2, 0) is 20.1 Å². The molecule has 0 atom stereocenters. The number of aryl methyl sites for hydroxylation is 3. The van der Waals surface area contributed by atoms with Crippen molar-refractivity contribution in [3.8, 4) is 0 Å². The minimum atomic E-state index is 0.476. The summed E-state index contributed by atoms with van der Waals surface area (Å²) >= 11 is 1.88. The number of thiophene rings is 1. The fourth-order valence-corrected chi connectivity index (χ4v) is 3.26. The first-order valence-corrected chi connectivity index (χ1v) is 7.58. The Hall–Kier alpha value is -1.13. The Morgan fingerprint density at radius 2 is 2.05 bits per heavy atom. The van der Waals surface area contributed by atoms with Crippen LogP contribution in [0.2, 0.25) is 0 Å². The van der Waals surface area contributed by atoms with E-state index in [4.69, 9.17) is 0 Å². The molecule has 2 aromatic heterocycles. The maximum atomic E-state index is 4.53. The van der Waals surface area contributed by atoms with Crippen LogP contribution in [0.25, 0.3) is 0 Å². The minimum absolute atomic E-state index is 0.476. The van der Waals surface area contributed by atoms with Gasteiger partial charge >= 0.3 is 0 Å². The number of rotatable bonds is 5. The highest BCUT2D eigenvalue weighted by Gasteiger charge is 2.11. The fraction of sp³-hybridized carbons (Fsp3) is 0.533. The van der Waals surface area contributed by atoms with Gasteiger partial charge in [0.1, 0.15) is 0 Å². The normalized spacial score (nSPS) is 11.5. The van der Waals surface area contributed by atoms with Crippen molar-refractivity contribution in [3.05, 3.63) is 38.8 Å². The van der Waals surface area contributed by atoms with Crippen LogP contribution in [0.5, 0.6) is 0 Å². The SMILES string of the molecule is Cc1cc(CNCc2cn(C)nc2C(C)C)sc1C. The molecule has 0 radical (unpaired) electrons. The predicted molar refractivity (Wildman–Crippen MR) is 81.6 cm³/mol. The Kier molecular flexibility index (Phi) is 4.42. The monoisotopic (exact) mass is 277 g/mol. The summed E-state index contributed by atoms with van der Waals surface area (Å²) in [7, 11) is 1.99. The highest BCUT2D eigenvalue weighted by molar-refractivity contribution is 7.12. The molecule has 0 spiro atoms. The average molecular weight is 277 g/mol. The molecule has 104 valence electrons. The third-order valence-electron chi connectivity index (χ3n) is 3.32. The van der Waals surface area contributed by atoms with Crippen LogP contribution in [0.3, 0.4) is 0 Å². The molecule has 2 aromatic rings. The topological polar surface area (TPSA) is 29.9 Å². The summed E-state index contributed by atoms with van der Waals surface area (Å²) in [6, 6.07) is 2.28. The summed E-state index contributed by atoms with van der Waals surface area (Å²) in [6.45, 7) is 10.6. The summed E-state index contributed by atoms with van der Waals surface area (Å²) in [5.41, 5.74) is 3.90. The van der Waals surface area contributed by atoms with Crippen molar-refractivity contribution in [1.29, 1.82) is 0 Å². The molecule has 0 saturated heterocycles. The minimum Gasteiger partial charge on any atom is -0.308 e. The van der Waals surface area contributed by atoms with E-state index >= 15 is 0 Å². The van der Waals surface area contributed by atoms with Crippen molar-refractivity contribution in [2.75, 3.05) is 0 Å². The van der Waals surface area contributed by atoms with E-state index in [2.05, 4.69) is 50.4 Å². The van der Waals surface area contributed by atoms with E-state index in [-0.39, 0.29) is 0 Å². The number of hydrogen-bond acceptors (Lipinski definition) is 3. The molecule has 0 fully saturated rings. The zero-order chi connectivity index (χ0) is 14.0. The molecular formula is C15H23N3S. The summed E-state index contributed by atoms with van der Waals surface area (Å²) in [5.74, 6) is 0.476. The van der Waals surface area contributed by atoms with E-state index in [9.17, 15) is 0 Å². The second-order valence-corrected chi connectivity index (χ2v) is 6.76. The molecule has 0 unspecified atom stereocenters. The number of nitrogens with one attached hydrogen (secondary N) is 1. The van der Waals surface area contributed by atoms with Gasteiger partial charge in [0.2, 0.25) is 0 Å². The van der Waals surface area contributed by atoms with Crippen molar-refractivity contribution in [1.82, 2.24) is 15.1 Å². The second kappa shape index (κ2) is 5.88. The summed E-state index contributed by atoms with van der Waals surface area (Å²) < 4.78 is 1.91. The summed E-state index contributed by atoms with van der Waals surface area (Å²) in [6.07, 6.45) is 2.12. The van der Waals surface area contributed by atoms with E-state index in [1.54, 1.807) is 0 Å². The van der Waals surface area contributed by atoms with E-state index in [1.165, 1.54) is 26.6 Å². The van der Waals surface area contributed by atoms with Crippen molar-refractivity contribution >= 4 is 11.3 Å². The lowest BCUT2D eigenvalue weighted by molar-refractivity contribution is 0.683. The maximum Gasteiger partial charge on any atom is 0.0694 e. The third kappa shape index (κ3) is 3.45. The van der Waals surface area contributed by atoms with Crippen molar-refractivity contribution in [2.24, 2.45) is 7.05 Å². The van der Waals surface area contributed by atoms with Crippen molar-refractivity contribution in [2.45, 2.75) is 46.7 Å². The Morgan fingerprint density at radius 3 is 2.63 bits per heavy atom. The van der Waals surface area contributed by atoms with Crippen molar-refractivity contribution in [3.63, 3.8) is 0 Å². The van der Waals surface area contributed by atoms with Gasteiger partial charge in [-0.1, -0.05) is 13.8 Å². The molecule has 0 aromatic carbocycles. The highest BCUT2D eigenvalue weighted by Crippen LogP contribution is 2.21. The summed E-state index contributed by atoms with van der Waals surface area (Å²) in [4.78, 5) is 2.83. The number of aromatic nitrogens is 2. The molecule has 3 nitrogen and oxygen atoms in total. The molecule has 2 heterocycles. The van der Waals surface area contributed by atoms with Crippen LogP contribution in [0, 0.1) is 13.8 Å². The molecule has 2 rings (SSSR count). The molecule has 0 aliphatic carbocycles. The van der Waals surface area contributed by atoms with Gasteiger partial charge < -0.3 is 5.32 Å². The molecule has 4 heteroatoms. The first-order valence-electron chi connectivity index (χ1n) is 6.76. The maximum absolute atomic E-state index is 4.53. The third-order valence-corrected chi connectivity index (χ3v) is 4.47. The molecule has 19 heavy (non-hydrogen) atoms. The van der Waals surface area contributed by atoms with E-state index in [0.29, 0.717) is 5.92 Å². The zero-order valence-electron chi connectivity index (χ0n) is 12.4. The molecule has 0 amide bonds. The van der Waals surface area contributed by atoms with Gasteiger partial charge in [0.05, 0.1) is 5.69 Å². The Labute approximate surface area is 119 Å². The van der Waals surface area contributed by atoms with Gasteiger partial charge in [-0.3, -0.25) is 4.68 Å². The molecule has 0 aliphatic heterocycles. The lowest BCUT2D eigenvalue weighted by atomic mass is 10.1. The Balaban J connectivity index is 1.95. The molecule has 0 saturated carbocycles. The number of nitrogens with zero attached hydrogens (tertiary/aromatic N) is 2. The second-order valence-electron chi connectivity index (χ2n) is 5.42. The molecule has 0 aliphatic rings. The Morgan fingerprint density at radius 1 is 1.32 bits per heavy atom. The van der Waals surface area contributed by atoms with E-state index in [1.807, 2.05) is 23.1 Å². The van der Waals surface area contributed by atoms with Crippen molar-refractivity contribution < 1.29 is 0 Å². The van der Waals surface area contributed by atoms with Crippen LogP contribution in [0.15, 0.2) is 12.3 Å². The Bertz CT molecular complexity index is 532. The summed E-state index contributed by atoms with van der Waals surface area (Å²) in [5, 5.41) is 8.06. The van der Waals surface area contributed by atoms with Crippen LogP contribution in [-0.4, -0.2) is 9.78 Å². The van der Waals surface area contributed by atoms with Gasteiger partial charge in [0.25, 0.3) is 0 Å². The lowest BCUT2D eigenvalue weighted by Crippen LogP contribution is -2.12. The standard InChI is InChI=1S/C15H23N3S/c1-10(2)15-13(9-18(5)17-15)7-16-8-14-6-11(3)12(4)19-14/h6,9-10,16H,7-8H2,1-5H3. The van der Waals surface area contributed by atoms with Gasteiger partial charge in [-0.2, -0.15) is 5.10 Å². The van der Waals surface area contributed by atoms with Crippen LogP contribution in [0.4, 0.5) is 0 Å². The van der Waals surface area contributed by atoms with E-state index < -0.39 is 0 Å². The number of hydrogen-bond donors (Lipinski definition) is 1. The van der Waals surface area contributed by atoms with Gasteiger partial charge in [0.15, 0.2) is 0 Å². The first-order chi connectivity index (χ1) is 8.97. The van der Waals surface area contributed by atoms with Gasteiger partial charge in [-0.05, 0) is 31.4 Å². The zero-order valence-corrected chi connectivity index (χ0v) is 13.3. The van der Waals surface area contributed by atoms with Gasteiger partial charge in [-0.15, -0.1) is 11.3 Å². The molecule has 1 N–H and O–H groups in total. The average Bonchev–Trinajstić information content (AvgIpc) is 2.84. The quantitative estimate of drug-likeness (QED) is 0.906. The largest absolute Gasteiger partial charge is 0.308 e. The molecular weight excluding hydrogens is 254 g/mol. The van der Waals surface area contributed by atoms with Crippen LogP contribution < -0.4 is 5.32 Å².